The average Bonchev–Trinajstić information content (AvgIpc) is 2.80. The second kappa shape index (κ2) is 4.50. The molecule has 1 amide bonds. The Balaban J connectivity index is 1.67. The van der Waals surface area contributed by atoms with Gasteiger partial charge in [0, 0.05) is 18.0 Å². The molecule has 1 saturated heterocycles. The molecule has 0 radical (unpaired) electrons. The Morgan fingerprint density at radius 1 is 0.895 bits per heavy atom. The molecule has 102 valence electrons. The fraction of sp³-hybridized carbons (Fsp3) is 0.706. The highest BCUT2D eigenvalue weighted by Crippen LogP contribution is 2.52. The molecule has 4 rings (SSSR count). The maximum atomic E-state index is 11.7. The molecule has 0 aromatic rings. The summed E-state index contributed by atoms with van der Waals surface area (Å²) in [5.41, 5.74) is 2.95. The molecule has 4 unspecified atom stereocenters. The van der Waals surface area contributed by atoms with E-state index >= 15 is 0 Å². The van der Waals surface area contributed by atoms with Crippen molar-refractivity contribution in [3.63, 3.8) is 0 Å². The number of amides is 1. The van der Waals surface area contributed by atoms with Gasteiger partial charge in [-0.2, -0.15) is 0 Å². The molecule has 2 saturated carbocycles. The van der Waals surface area contributed by atoms with Crippen LogP contribution in [-0.4, -0.2) is 5.91 Å². The molecule has 0 aromatic heterocycles. The van der Waals surface area contributed by atoms with Crippen LogP contribution in [0.15, 0.2) is 23.4 Å². The van der Waals surface area contributed by atoms with Crippen molar-refractivity contribution < 1.29 is 4.79 Å². The molecule has 19 heavy (non-hydrogen) atoms. The second-order valence-corrected chi connectivity index (χ2v) is 6.82. The van der Waals surface area contributed by atoms with Gasteiger partial charge < -0.3 is 5.32 Å². The summed E-state index contributed by atoms with van der Waals surface area (Å²) in [4.78, 5) is 11.7. The van der Waals surface area contributed by atoms with Gasteiger partial charge in [0.1, 0.15) is 0 Å². The van der Waals surface area contributed by atoms with Crippen LogP contribution >= 0.6 is 0 Å². The van der Waals surface area contributed by atoms with E-state index in [1.165, 1.54) is 44.2 Å². The molecular formula is C17H23NO. The van der Waals surface area contributed by atoms with Crippen molar-refractivity contribution >= 4 is 5.91 Å². The highest BCUT2D eigenvalue weighted by atomic mass is 16.1. The molecule has 2 heteroatoms. The zero-order chi connectivity index (χ0) is 12.8. The molecule has 1 heterocycles. The van der Waals surface area contributed by atoms with E-state index in [-0.39, 0.29) is 5.91 Å². The summed E-state index contributed by atoms with van der Waals surface area (Å²) < 4.78 is 0. The predicted molar refractivity (Wildman–Crippen MR) is 75.2 cm³/mol. The first kappa shape index (κ1) is 11.7. The fourth-order valence-electron chi connectivity index (χ4n) is 5.06. The van der Waals surface area contributed by atoms with Crippen molar-refractivity contribution in [3.8, 4) is 0 Å². The van der Waals surface area contributed by atoms with Crippen LogP contribution in [-0.2, 0) is 4.79 Å². The minimum atomic E-state index is 0.222. The number of hydrogen-bond acceptors (Lipinski definition) is 1. The normalized spacial score (nSPS) is 41.2. The number of fused-ring (bicyclic) bond motifs is 5. The summed E-state index contributed by atoms with van der Waals surface area (Å²) in [6.07, 6.45) is 14.6. The molecule has 2 nitrogen and oxygen atoms in total. The van der Waals surface area contributed by atoms with Gasteiger partial charge in [0.2, 0.25) is 5.91 Å². The van der Waals surface area contributed by atoms with E-state index in [2.05, 4.69) is 17.5 Å². The Morgan fingerprint density at radius 2 is 1.79 bits per heavy atom. The first-order chi connectivity index (χ1) is 9.33. The minimum Gasteiger partial charge on any atom is -0.329 e. The van der Waals surface area contributed by atoms with Crippen LogP contribution < -0.4 is 5.32 Å². The fourth-order valence-corrected chi connectivity index (χ4v) is 5.06. The van der Waals surface area contributed by atoms with Crippen LogP contribution in [0.3, 0.4) is 0 Å². The summed E-state index contributed by atoms with van der Waals surface area (Å²) in [6.45, 7) is 0. The lowest BCUT2D eigenvalue weighted by atomic mass is 9.64. The molecule has 3 aliphatic carbocycles. The third kappa shape index (κ3) is 1.87. The number of hydrogen-bond donors (Lipinski definition) is 1. The minimum absolute atomic E-state index is 0.222. The second-order valence-electron chi connectivity index (χ2n) is 6.82. The summed E-state index contributed by atoms with van der Waals surface area (Å²) in [6, 6.07) is 0. The molecule has 0 aromatic carbocycles. The van der Waals surface area contributed by atoms with Crippen molar-refractivity contribution in [3.05, 3.63) is 23.4 Å². The van der Waals surface area contributed by atoms with E-state index in [4.69, 9.17) is 0 Å². The Bertz CT molecular complexity index is 462. The third-order valence-electron chi connectivity index (χ3n) is 5.91. The zero-order valence-electron chi connectivity index (χ0n) is 11.5. The number of carbonyl (C=O) groups excluding carboxylic acids is 1. The van der Waals surface area contributed by atoms with Gasteiger partial charge in [0.15, 0.2) is 0 Å². The standard InChI is InChI=1S/C17H23NO/c19-17-6-2-5-15-14-8-7-11-3-1-4-12(11)13(14)9-10-16(15)18-17/h9-12,14-15H,1-8H2,(H,18,19). The summed E-state index contributed by atoms with van der Waals surface area (Å²) >= 11 is 0. The van der Waals surface area contributed by atoms with Crippen molar-refractivity contribution in [2.75, 3.05) is 0 Å². The lowest BCUT2D eigenvalue weighted by Gasteiger charge is -2.41. The topological polar surface area (TPSA) is 29.1 Å². The van der Waals surface area contributed by atoms with E-state index in [0.29, 0.717) is 12.3 Å². The zero-order valence-corrected chi connectivity index (χ0v) is 11.5. The molecule has 4 atom stereocenters. The number of nitrogens with one attached hydrogen (secondary N) is 1. The van der Waals surface area contributed by atoms with Gasteiger partial charge in [-0.05, 0) is 62.4 Å². The van der Waals surface area contributed by atoms with Crippen LogP contribution in [0.2, 0.25) is 0 Å². The van der Waals surface area contributed by atoms with Crippen LogP contribution in [0.1, 0.15) is 51.4 Å². The van der Waals surface area contributed by atoms with E-state index in [1.54, 1.807) is 5.57 Å². The summed E-state index contributed by atoms with van der Waals surface area (Å²) in [5, 5.41) is 3.15. The Morgan fingerprint density at radius 3 is 2.74 bits per heavy atom. The van der Waals surface area contributed by atoms with Crippen molar-refractivity contribution in [1.82, 2.24) is 5.32 Å². The summed E-state index contributed by atoms with van der Waals surface area (Å²) in [7, 11) is 0. The maximum absolute atomic E-state index is 11.7. The first-order valence-corrected chi connectivity index (χ1v) is 8.04. The van der Waals surface area contributed by atoms with Crippen LogP contribution in [0.5, 0.6) is 0 Å². The molecule has 0 bridgehead atoms. The number of rotatable bonds is 0. The largest absolute Gasteiger partial charge is 0.329 e. The predicted octanol–water partition coefficient (Wildman–Crippen LogP) is 3.55. The highest BCUT2D eigenvalue weighted by Gasteiger charge is 2.42. The molecule has 1 N–H and O–H groups in total. The monoisotopic (exact) mass is 257 g/mol. The SMILES string of the molecule is O=C1CCCC2C(=CC=C3C4CCCC4CCC32)N1. The van der Waals surface area contributed by atoms with Gasteiger partial charge in [-0.1, -0.05) is 18.1 Å². The Labute approximate surface area is 115 Å². The van der Waals surface area contributed by atoms with Gasteiger partial charge in [-0.25, -0.2) is 0 Å². The van der Waals surface area contributed by atoms with Gasteiger partial charge in [0.25, 0.3) is 0 Å². The van der Waals surface area contributed by atoms with Gasteiger partial charge in [-0.3, -0.25) is 4.79 Å². The maximum Gasteiger partial charge on any atom is 0.224 e. The van der Waals surface area contributed by atoms with Gasteiger partial charge in [-0.15, -0.1) is 0 Å². The molecule has 4 aliphatic rings. The smallest absolute Gasteiger partial charge is 0.224 e. The molecule has 0 spiro atoms. The molecule has 1 aliphatic heterocycles. The average molecular weight is 257 g/mol. The lowest BCUT2D eigenvalue weighted by Crippen LogP contribution is -2.35. The van der Waals surface area contributed by atoms with Crippen molar-refractivity contribution in [2.24, 2.45) is 23.7 Å². The Kier molecular flexibility index (Phi) is 2.78. The van der Waals surface area contributed by atoms with E-state index in [0.717, 1.165) is 24.2 Å². The quantitative estimate of drug-likeness (QED) is 0.706. The van der Waals surface area contributed by atoms with Crippen LogP contribution in [0.25, 0.3) is 0 Å². The molecule has 3 fully saturated rings. The number of allylic oxidation sites excluding steroid dienone is 4. The van der Waals surface area contributed by atoms with Crippen LogP contribution in [0, 0.1) is 23.7 Å². The van der Waals surface area contributed by atoms with E-state index in [9.17, 15) is 4.79 Å². The van der Waals surface area contributed by atoms with E-state index < -0.39 is 0 Å². The third-order valence-corrected chi connectivity index (χ3v) is 5.91. The number of carbonyl (C=O) groups is 1. The Hall–Kier alpha value is -1.05. The first-order valence-electron chi connectivity index (χ1n) is 8.04. The van der Waals surface area contributed by atoms with Gasteiger partial charge in [0.05, 0.1) is 0 Å². The van der Waals surface area contributed by atoms with Crippen LogP contribution in [0.4, 0.5) is 0 Å². The van der Waals surface area contributed by atoms with Crippen molar-refractivity contribution in [2.45, 2.75) is 51.4 Å². The van der Waals surface area contributed by atoms with Gasteiger partial charge >= 0.3 is 0 Å². The van der Waals surface area contributed by atoms with E-state index in [1.807, 2.05) is 0 Å². The van der Waals surface area contributed by atoms with Crippen molar-refractivity contribution in [1.29, 1.82) is 0 Å². The highest BCUT2D eigenvalue weighted by molar-refractivity contribution is 5.78. The molecular weight excluding hydrogens is 234 g/mol. The lowest BCUT2D eigenvalue weighted by molar-refractivity contribution is -0.120. The summed E-state index contributed by atoms with van der Waals surface area (Å²) in [5.74, 6) is 3.40.